The molecule has 0 N–H and O–H groups in total. The molecule has 2 nitrogen and oxygen atoms in total. The molecule has 0 aliphatic heterocycles. The van der Waals surface area contributed by atoms with Crippen LogP contribution in [0.1, 0.15) is 0 Å². The molecule has 0 amide bonds. The van der Waals surface area contributed by atoms with E-state index in [4.69, 9.17) is 4.42 Å². The maximum atomic E-state index is 6.49. The van der Waals surface area contributed by atoms with Crippen molar-refractivity contribution >= 4 is 60.3 Å². The summed E-state index contributed by atoms with van der Waals surface area (Å²) in [5, 5.41) is 8.47. The van der Waals surface area contributed by atoms with Crippen LogP contribution in [0.4, 0.5) is 17.1 Å². The van der Waals surface area contributed by atoms with E-state index in [9.17, 15) is 0 Å². The molecule has 10 aromatic rings. The van der Waals surface area contributed by atoms with E-state index in [1.807, 2.05) is 12.1 Å². The quantitative estimate of drug-likeness (QED) is 0.165. The lowest BCUT2D eigenvalue weighted by molar-refractivity contribution is 0.631. The van der Waals surface area contributed by atoms with Crippen molar-refractivity contribution in [3.63, 3.8) is 0 Å². The molecule has 0 saturated heterocycles. The van der Waals surface area contributed by atoms with Gasteiger partial charge in [0.25, 0.3) is 0 Å². The number of furan rings is 1. The largest absolute Gasteiger partial charge is 0.456 e. The highest BCUT2D eigenvalue weighted by Crippen LogP contribution is 2.46. The Labute approximate surface area is 302 Å². The van der Waals surface area contributed by atoms with Gasteiger partial charge in [0.05, 0.1) is 11.4 Å². The molecular formula is C50H33NO. The Morgan fingerprint density at radius 2 is 0.885 bits per heavy atom. The number of anilines is 3. The van der Waals surface area contributed by atoms with Crippen LogP contribution in [0.15, 0.2) is 205 Å². The van der Waals surface area contributed by atoms with Crippen LogP contribution < -0.4 is 4.90 Å². The molecule has 0 bridgehead atoms. The third-order valence-electron chi connectivity index (χ3n) is 10.3. The van der Waals surface area contributed by atoms with Crippen LogP contribution >= 0.6 is 0 Å². The molecule has 52 heavy (non-hydrogen) atoms. The van der Waals surface area contributed by atoms with Crippen LogP contribution in [0.3, 0.4) is 0 Å². The summed E-state index contributed by atoms with van der Waals surface area (Å²) in [5.41, 5.74) is 9.97. The SMILES string of the molecule is c1ccc(N(c2ccc(-c3ccc(-c4cccc5ccccc45)cc3)cc2)c2cc3ccccc3c3ccccc23)c(-c2cc3ccccc3o2)c1. The van der Waals surface area contributed by atoms with E-state index in [1.165, 1.54) is 54.6 Å². The topological polar surface area (TPSA) is 16.4 Å². The highest BCUT2D eigenvalue weighted by Gasteiger charge is 2.22. The lowest BCUT2D eigenvalue weighted by Gasteiger charge is -2.29. The fraction of sp³-hybridized carbons (Fsp3) is 0. The predicted molar refractivity (Wildman–Crippen MR) is 220 cm³/mol. The average molecular weight is 664 g/mol. The molecule has 244 valence electrons. The molecule has 0 unspecified atom stereocenters. The molecule has 9 aromatic carbocycles. The smallest absolute Gasteiger partial charge is 0.137 e. The van der Waals surface area contributed by atoms with Gasteiger partial charge in [-0.1, -0.05) is 158 Å². The molecule has 1 heterocycles. The van der Waals surface area contributed by atoms with Crippen LogP contribution in [-0.4, -0.2) is 0 Å². The molecule has 0 radical (unpaired) electrons. The lowest BCUT2D eigenvalue weighted by atomic mass is 9.96. The number of hydrogen-bond donors (Lipinski definition) is 0. The van der Waals surface area contributed by atoms with Gasteiger partial charge in [-0.3, -0.25) is 0 Å². The lowest BCUT2D eigenvalue weighted by Crippen LogP contribution is -2.12. The van der Waals surface area contributed by atoms with Gasteiger partial charge in [0, 0.05) is 22.0 Å². The standard InChI is InChI=1S/C50H33NO/c1-4-16-41-36(12-1)15-11-21-42(41)37-26-24-34(25-27-37)35-28-30-40(31-29-35)51(48-32-38-13-2-5-17-43(38)44-18-6-7-19-45(44)48)47-22-9-8-20-46(47)50-33-39-14-3-10-23-49(39)52-50/h1-33H. The van der Waals surface area contributed by atoms with Gasteiger partial charge < -0.3 is 9.32 Å². The first kappa shape index (κ1) is 30.0. The Balaban J connectivity index is 1.11. The van der Waals surface area contributed by atoms with Gasteiger partial charge in [-0.15, -0.1) is 0 Å². The summed E-state index contributed by atoms with van der Waals surface area (Å²) < 4.78 is 6.49. The molecular weight excluding hydrogens is 631 g/mol. The minimum Gasteiger partial charge on any atom is -0.456 e. The van der Waals surface area contributed by atoms with E-state index in [1.54, 1.807) is 0 Å². The zero-order valence-corrected chi connectivity index (χ0v) is 28.4. The third-order valence-corrected chi connectivity index (χ3v) is 10.3. The molecule has 10 rings (SSSR count). The van der Waals surface area contributed by atoms with E-state index in [0.29, 0.717) is 0 Å². The second kappa shape index (κ2) is 12.5. The molecule has 0 saturated carbocycles. The van der Waals surface area contributed by atoms with Crippen molar-refractivity contribution in [1.29, 1.82) is 0 Å². The van der Waals surface area contributed by atoms with Crippen LogP contribution in [0.2, 0.25) is 0 Å². The molecule has 0 atom stereocenters. The van der Waals surface area contributed by atoms with Crippen molar-refractivity contribution in [3.8, 4) is 33.6 Å². The monoisotopic (exact) mass is 663 g/mol. The van der Waals surface area contributed by atoms with Gasteiger partial charge >= 0.3 is 0 Å². The van der Waals surface area contributed by atoms with Crippen LogP contribution in [-0.2, 0) is 0 Å². The summed E-state index contributed by atoms with van der Waals surface area (Å²) in [6.07, 6.45) is 0. The van der Waals surface area contributed by atoms with Crippen molar-refractivity contribution in [2.45, 2.75) is 0 Å². The summed E-state index contributed by atoms with van der Waals surface area (Å²) in [5.74, 6) is 0.842. The highest BCUT2D eigenvalue weighted by molar-refractivity contribution is 6.15. The van der Waals surface area contributed by atoms with Gasteiger partial charge in [-0.25, -0.2) is 0 Å². The zero-order chi connectivity index (χ0) is 34.4. The van der Waals surface area contributed by atoms with E-state index in [2.05, 4.69) is 193 Å². The summed E-state index contributed by atoms with van der Waals surface area (Å²) in [4.78, 5) is 2.39. The molecule has 0 fully saturated rings. The van der Waals surface area contributed by atoms with E-state index in [-0.39, 0.29) is 0 Å². The fourth-order valence-electron chi connectivity index (χ4n) is 7.74. The summed E-state index contributed by atoms with van der Waals surface area (Å²) in [6, 6.07) is 71.7. The maximum Gasteiger partial charge on any atom is 0.137 e. The molecule has 2 heteroatoms. The molecule has 0 aliphatic rings. The van der Waals surface area contributed by atoms with Gasteiger partial charge in [-0.2, -0.15) is 0 Å². The number of rotatable bonds is 6. The average Bonchev–Trinajstić information content (AvgIpc) is 3.66. The fourth-order valence-corrected chi connectivity index (χ4v) is 7.74. The van der Waals surface area contributed by atoms with Crippen molar-refractivity contribution in [2.75, 3.05) is 4.90 Å². The van der Waals surface area contributed by atoms with Crippen molar-refractivity contribution in [3.05, 3.63) is 200 Å². The zero-order valence-electron chi connectivity index (χ0n) is 28.4. The van der Waals surface area contributed by atoms with Crippen molar-refractivity contribution in [2.24, 2.45) is 0 Å². The van der Waals surface area contributed by atoms with Crippen LogP contribution in [0.5, 0.6) is 0 Å². The second-order valence-electron chi connectivity index (χ2n) is 13.3. The first-order chi connectivity index (χ1) is 25.8. The normalized spacial score (nSPS) is 11.5. The van der Waals surface area contributed by atoms with Gasteiger partial charge in [-0.05, 0) is 91.6 Å². The minimum atomic E-state index is 0.842. The number of para-hydroxylation sites is 2. The Morgan fingerprint density at radius 1 is 0.327 bits per heavy atom. The first-order valence-corrected chi connectivity index (χ1v) is 17.8. The van der Waals surface area contributed by atoms with E-state index >= 15 is 0 Å². The minimum absolute atomic E-state index is 0.842. The molecule has 0 spiro atoms. The second-order valence-corrected chi connectivity index (χ2v) is 13.3. The Morgan fingerprint density at radius 3 is 1.67 bits per heavy atom. The summed E-state index contributed by atoms with van der Waals surface area (Å²) in [7, 11) is 0. The molecule has 1 aromatic heterocycles. The maximum absolute atomic E-state index is 6.49. The summed E-state index contributed by atoms with van der Waals surface area (Å²) in [6.45, 7) is 0. The van der Waals surface area contributed by atoms with Crippen LogP contribution in [0.25, 0.3) is 76.9 Å². The van der Waals surface area contributed by atoms with E-state index < -0.39 is 0 Å². The van der Waals surface area contributed by atoms with Gasteiger partial charge in [0.15, 0.2) is 0 Å². The molecule has 0 aliphatic carbocycles. The van der Waals surface area contributed by atoms with Crippen molar-refractivity contribution < 1.29 is 4.42 Å². The van der Waals surface area contributed by atoms with Gasteiger partial charge in [0.2, 0.25) is 0 Å². The number of hydrogen-bond acceptors (Lipinski definition) is 2. The first-order valence-electron chi connectivity index (χ1n) is 17.8. The third kappa shape index (κ3) is 5.12. The Hall–Kier alpha value is -6.90. The summed E-state index contributed by atoms with van der Waals surface area (Å²) >= 11 is 0. The number of nitrogens with zero attached hydrogens (tertiary/aromatic N) is 1. The Bertz CT molecular complexity index is 2860. The Kier molecular flexibility index (Phi) is 7.18. The van der Waals surface area contributed by atoms with Crippen LogP contribution in [0, 0.1) is 0 Å². The number of fused-ring (bicyclic) bond motifs is 5. The predicted octanol–water partition coefficient (Wildman–Crippen LogP) is 14.4. The van der Waals surface area contributed by atoms with E-state index in [0.717, 1.165) is 39.4 Å². The highest BCUT2D eigenvalue weighted by atomic mass is 16.3. The van der Waals surface area contributed by atoms with Gasteiger partial charge in [0.1, 0.15) is 11.3 Å². The number of benzene rings is 9. The van der Waals surface area contributed by atoms with Crippen molar-refractivity contribution in [1.82, 2.24) is 0 Å².